The van der Waals surface area contributed by atoms with E-state index in [0.29, 0.717) is 31.1 Å². The van der Waals surface area contributed by atoms with Crippen LogP contribution in [-0.4, -0.2) is 83.2 Å². The molecule has 3 N–H and O–H groups in total. The number of nitrogens with zero attached hydrogens (tertiary/aromatic N) is 1. The van der Waals surface area contributed by atoms with Gasteiger partial charge in [-0.15, -0.1) is 0 Å². The molecule has 9 nitrogen and oxygen atoms in total. The van der Waals surface area contributed by atoms with E-state index >= 15 is 0 Å². The van der Waals surface area contributed by atoms with Crippen LogP contribution in [0.4, 0.5) is 14.0 Å². The summed E-state index contributed by atoms with van der Waals surface area (Å²) in [4.78, 5) is 26.5. The van der Waals surface area contributed by atoms with Gasteiger partial charge in [0.25, 0.3) is 0 Å². The van der Waals surface area contributed by atoms with E-state index in [2.05, 4.69) is 20.7 Å². The maximum absolute atomic E-state index is 14.2. The summed E-state index contributed by atoms with van der Waals surface area (Å²) in [6, 6.07) is 4.25. The van der Waals surface area contributed by atoms with E-state index in [1.807, 2.05) is 11.9 Å². The lowest BCUT2D eigenvalue weighted by Crippen LogP contribution is -2.52. The number of alkyl carbamates (subject to hydrolysis) is 1. The Bertz CT molecular complexity index is 853. The van der Waals surface area contributed by atoms with Crippen molar-refractivity contribution in [3.8, 4) is 0 Å². The lowest BCUT2D eigenvalue weighted by molar-refractivity contribution is -0.00888. The molecule has 208 valence electrons. The predicted molar refractivity (Wildman–Crippen MR) is 139 cm³/mol. The third kappa shape index (κ3) is 9.59. The summed E-state index contributed by atoms with van der Waals surface area (Å²) in [5, 5.41) is 9.26. The molecule has 11 heteroatoms. The van der Waals surface area contributed by atoms with Crippen molar-refractivity contribution in [2.24, 2.45) is 11.8 Å². The van der Waals surface area contributed by atoms with Crippen molar-refractivity contribution < 1.29 is 28.2 Å². The Morgan fingerprint density at radius 2 is 2.11 bits per heavy atom. The van der Waals surface area contributed by atoms with Crippen LogP contribution in [0.25, 0.3) is 0 Å². The molecule has 2 aliphatic heterocycles. The average molecular weight is 543 g/mol. The fourth-order valence-corrected chi connectivity index (χ4v) is 5.43. The van der Waals surface area contributed by atoms with Gasteiger partial charge in [0.15, 0.2) is 0 Å². The maximum Gasteiger partial charge on any atom is 0.406 e. The molecule has 0 spiro atoms. The molecule has 1 unspecified atom stereocenters. The van der Waals surface area contributed by atoms with Gasteiger partial charge < -0.3 is 35.1 Å². The van der Waals surface area contributed by atoms with E-state index < -0.39 is 18.0 Å². The highest BCUT2D eigenvalue weighted by molar-refractivity contribution is 6.30. The summed E-state index contributed by atoms with van der Waals surface area (Å²) >= 11 is 6.14. The molecular weight excluding hydrogens is 503 g/mol. The number of piperidine rings is 1. The minimum atomic E-state index is -0.551. The van der Waals surface area contributed by atoms with Crippen molar-refractivity contribution in [3.05, 3.63) is 34.6 Å². The summed E-state index contributed by atoms with van der Waals surface area (Å²) in [6.45, 7) is 3.77. The number of rotatable bonds is 11. The van der Waals surface area contributed by atoms with Crippen molar-refractivity contribution >= 4 is 23.7 Å². The highest BCUT2D eigenvalue weighted by Crippen LogP contribution is 2.34. The molecule has 0 aromatic heterocycles. The number of nitrogens with one attached hydrogen (secondary N) is 3. The van der Waals surface area contributed by atoms with E-state index in [1.54, 1.807) is 6.07 Å². The molecule has 1 aromatic carbocycles. The number of hydrogen-bond donors (Lipinski definition) is 3. The zero-order valence-corrected chi connectivity index (χ0v) is 22.5. The van der Waals surface area contributed by atoms with Crippen LogP contribution in [0.3, 0.4) is 0 Å². The minimum Gasteiger partial charge on any atom is -0.453 e. The second-order valence-corrected chi connectivity index (χ2v) is 10.2. The number of urea groups is 1. The van der Waals surface area contributed by atoms with Crippen LogP contribution in [-0.2, 0) is 14.2 Å². The Morgan fingerprint density at radius 1 is 1.27 bits per heavy atom. The van der Waals surface area contributed by atoms with Gasteiger partial charge in [0.1, 0.15) is 5.82 Å². The van der Waals surface area contributed by atoms with Gasteiger partial charge in [-0.25, -0.2) is 14.0 Å². The molecule has 0 aliphatic carbocycles. The van der Waals surface area contributed by atoms with Crippen LogP contribution in [0.15, 0.2) is 18.2 Å². The number of ether oxygens (including phenoxy) is 3. The summed E-state index contributed by atoms with van der Waals surface area (Å²) in [5.41, 5.74) is 0.612. The fraction of sp³-hybridized carbons (Fsp3) is 0.692. The third-order valence-electron chi connectivity index (χ3n) is 6.89. The smallest absolute Gasteiger partial charge is 0.406 e. The summed E-state index contributed by atoms with van der Waals surface area (Å²) in [7, 11) is 3.17. The Kier molecular flexibility index (Phi) is 12.2. The number of carbonyl (C=O) groups is 2. The lowest BCUT2D eigenvalue weighted by atomic mass is 9.88. The van der Waals surface area contributed by atoms with Crippen LogP contribution in [0.5, 0.6) is 0 Å². The second kappa shape index (κ2) is 15.3. The Hall–Kier alpha value is -2.14. The van der Waals surface area contributed by atoms with Gasteiger partial charge in [-0.2, -0.15) is 0 Å². The fourth-order valence-electron chi connectivity index (χ4n) is 5.20. The molecule has 2 fully saturated rings. The number of amides is 3. The molecule has 2 aliphatic rings. The summed E-state index contributed by atoms with van der Waals surface area (Å²) in [6.07, 6.45) is 3.60. The van der Waals surface area contributed by atoms with E-state index in [4.69, 9.17) is 21.1 Å². The van der Waals surface area contributed by atoms with Gasteiger partial charge >= 0.3 is 12.1 Å². The highest BCUT2D eigenvalue weighted by Gasteiger charge is 2.32. The topological polar surface area (TPSA) is 101 Å². The number of benzene rings is 1. The first-order chi connectivity index (χ1) is 17.9. The number of hydrogen-bond acceptors (Lipinski definition) is 6. The van der Waals surface area contributed by atoms with Gasteiger partial charge in [0.2, 0.25) is 0 Å². The van der Waals surface area contributed by atoms with E-state index in [-0.39, 0.29) is 36.2 Å². The molecule has 2 saturated heterocycles. The normalized spacial score (nSPS) is 21.7. The van der Waals surface area contributed by atoms with E-state index in [0.717, 1.165) is 45.3 Å². The van der Waals surface area contributed by atoms with Crippen LogP contribution >= 0.6 is 11.6 Å². The van der Waals surface area contributed by atoms with Crippen LogP contribution in [0, 0.1) is 17.7 Å². The maximum atomic E-state index is 14.2. The first kappa shape index (κ1) is 29.4. The molecule has 1 aromatic rings. The molecule has 0 bridgehead atoms. The minimum absolute atomic E-state index is 0.00282. The average Bonchev–Trinajstić information content (AvgIpc) is 2.88. The van der Waals surface area contributed by atoms with Crippen molar-refractivity contribution in [1.82, 2.24) is 20.9 Å². The molecule has 3 rings (SSSR count). The third-order valence-corrected chi connectivity index (χ3v) is 7.11. The molecule has 0 radical (unpaired) electrons. The number of likely N-dealkylation sites (tertiary alicyclic amines) is 1. The number of carbonyl (C=O) groups excluding carboxylic acids is 2. The Labute approximate surface area is 223 Å². The van der Waals surface area contributed by atoms with Gasteiger partial charge in [0, 0.05) is 56.4 Å². The quantitative estimate of drug-likeness (QED) is 0.368. The zero-order chi connectivity index (χ0) is 26.6. The number of likely N-dealkylation sites (N-methyl/N-ethyl adjacent to an activating group) is 1. The summed E-state index contributed by atoms with van der Waals surface area (Å²) in [5.74, 6) is -0.0728. The highest BCUT2D eigenvalue weighted by atomic mass is 35.5. The lowest BCUT2D eigenvalue weighted by Gasteiger charge is -2.38. The standard InChI is InChI=1S/C26H40ClFN4O5/c1-29-15-23(11-18-5-4-9-36-17-18)31-25(33)32-8-3-6-19(16-32)24(37-10-7-30-26(34)35-2)20-12-21(27)14-22(28)13-20/h12-14,18-19,23-24,29H,3-11,15-17H2,1-2H3,(H,30,34)(H,31,33)/t18-,19?,23-,24+/m0/s1. The first-order valence-electron chi connectivity index (χ1n) is 13.1. The van der Waals surface area contributed by atoms with Gasteiger partial charge in [-0.05, 0) is 68.8 Å². The Morgan fingerprint density at radius 3 is 2.81 bits per heavy atom. The first-order valence-corrected chi connectivity index (χ1v) is 13.4. The van der Waals surface area contributed by atoms with Crippen molar-refractivity contribution in [2.75, 3.05) is 60.2 Å². The van der Waals surface area contributed by atoms with E-state index in [9.17, 15) is 14.0 Å². The van der Waals surface area contributed by atoms with Crippen LogP contribution in [0.1, 0.15) is 43.8 Å². The number of halogens is 2. The van der Waals surface area contributed by atoms with Gasteiger partial charge in [-0.3, -0.25) is 0 Å². The molecule has 37 heavy (non-hydrogen) atoms. The Balaban J connectivity index is 1.65. The van der Waals surface area contributed by atoms with Gasteiger partial charge in [0.05, 0.1) is 19.8 Å². The van der Waals surface area contributed by atoms with Crippen LogP contribution < -0.4 is 16.0 Å². The second-order valence-electron chi connectivity index (χ2n) is 9.78. The van der Waals surface area contributed by atoms with E-state index in [1.165, 1.54) is 19.2 Å². The molecule has 0 saturated carbocycles. The number of methoxy groups -OCH3 is 1. The SMILES string of the molecule is CNC[C@H](C[C@@H]1CCCOC1)NC(=O)N1CCCC([C@@H](OCCNC(=O)OC)c2cc(F)cc(Cl)c2)C1. The van der Waals surface area contributed by atoms with Gasteiger partial charge in [-0.1, -0.05) is 11.6 Å². The van der Waals surface area contributed by atoms with Crippen molar-refractivity contribution in [3.63, 3.8) is 0 Å². The zero-order valence-electron chi connectivity index (χ0n) is 21.8. The molecule has 4 atom stereocenters. The largest absolute Gasteiger partial charge is 0.453 e. The molecule has 2 heterocycles. The molecular formula is C26H40ClFN4O5. The summed E-state index contributed by atoms with van der Waals surface area (Å²) < 4.78 is 30.6. The molecule has 3 amide bonds. The monoisotopic (exact) mass is 542 g/mol. The predicted octanol–water partition coefficient (Wildman–Crippen LogP) is 3.72. The van der Waals surface area contributed by atoms with Crippen LogP contribution in [0.2, 0.25) is 5.02 Å². The van der Waals surface area contributed by atoms with Crippen molar-refractivity contribution in [1.29, 1.82) is 0 Å². The van der Waals surface area contributed by atoms with Crippen molar-refractivity contribution in [2.45, 2.75) is 44.2 Å².